The van der Waals surface area contributed by atoms with Crippen LogP contribution in [0.5, 0.6) is 28.7 Å². The van der Waals surface area contributed by atoms with Crippen molar-refractivity contribution in [3.63, 3.8) is 0 Å². The highest BCUT2D eigenvalue weighted by Crippen LogP contribution is 2.42. The molecule has 418 valence electrons. The van der Waals surface area contributed by atoms with Crippen molar-refractivity contribution < 1.29 is 57.9 Å². The third kappa shape index (κ3) is 16.8. The van der Waals surface area contributed by atoms with Crippen molar-refractivity contribution in [2.45, 2.75) is 115 Å². The fourth-order valence-corrected chi connectivity index (χ4v) is 9.22. The molecule has 20 nitrogen and oxygen atoms in total. The van der Waals surface area contributed by atoms with Crippen molar-refractivity contribution >= 4 is 57.6 Å². The number of aromatic amines is 1. The number of hydrogen-bond acceptors (Lipinski definition) is 15. The first kappa shape index (κ1) is 59.3. The van der Waals surface area contributed by atoms with Crippen LogP contribution in [0.1, 0.15) is 95.7 Å². The molecule has 2 heterocycles. The summed E-state index contributed by atoms with van der Waals surface area (Å²) < 4.78 is 27.5. The molecular formula is C58H74N8O12. The number of carbonyl (C=O) groups is 5. The number of aromatic hydroxyl groups is 1. The summed E-state index contributed by atoms with van der Waals surface area (Å²) >= 11 is 0. The number of azo groups is 1. The second kappa shape index (κ2) is 29.0. The van der Waals surface area contributed by atoms with Gasteiger partial charge in [-0.3, -0.25) is 29.3 Å². The molecule has 0 spiro atoms. The second-order valence-corrected chi connectivity index (χ2v) is 19.5. The standard InChI is InChI=1S/C58H74N8O12/c1-35-14-13-15-37(3)78-54(70)33-47(38-19-21-41(67)22-20-38)63-57(72)49(29-39-34-60-44-17-10-9-16-43(39)44)66(4)58(73)46(62-56(71)36(2)28-35)18-11-12-27-59-52(68)25-26-53(69)61-48-32-42(74-5)23-24-45(48)65-64-40-30-50(75-6)55(77-8)51(31-40)76-7/h9-10,14,16-17,19-24,30-32,34,36-37,46-47,49,52,59-60,67-68H,11-13,15,18,25-29,33H2,1-8H3,(H,61,69)(H,62,71)(H,63,72)/b35-14-,65-64?/t36-,37-,46-,47+,49+,52?/m0/s1. The van der Waals surface area contributed by atoms with Gasteiger partial charge in [0, 0.05) is 61.1 Å². The average molecular weight is 1080 g/mol. The van der Waals surface area contributed by atoms with Gasteiger partial charge in [0.05, 0.1) is 58.4 Å². The van der Waals surface area contributed by atoms with Crippen LogP contribution in [-0.2, 0) is 35.1 Å². The fraction of sp³-hybridized carbons (Fsp3) is 0.431. The highest BCUT2D eigenvalue weighted by Gasteiger charge is 2.35. The van der Waals surface area contributed by atoms with E-state index in [-0.39, 0.29) is 43.8 Å². The molecule has 1 unspecified atom stereocenters. The van der Waals surface area contributed by atoms with Gasteiger partial charge in [-0.05, 0) is 107 Å². The first-order chi connectivity index (χ1) is 37.5. The maximum Gasteiger partial charge on any atom is 0.308 e. The topological polar surface area (TPSA) is 264 Å². The largest absolute Gasteiger partial charge is 0.508 e. The van der Waals surface area contributed by atoms with Crippen LogP contribution in [0, 0.1) is 5.92 Å². The highest BCUT2D eigenvalue weighted by atomic mass is 16.5. The number of likely N-dealkylation sites (N-methyl/N-ethyl adjacent to an activating group) is 1. The van der Waals surface area contributed by atoms with Gasteiger partial charge in [0.1, 0.15) is 35.5 Å². The summed E-state index contributed by atoms with van der Waals surface area (Å²) in [6, 6.07) is 19.0. The number of cyclic esters (lactones) is 1. The van der Waals surface area contributed by atoms with Gasteiger partial charge in [0.15, 0.2) is 11.5 Å². The van der Waals surface area contributed by atoms with E-state index >= 15 is 0 Å². The lowest BCUT2D eigenvalue weighted by molar-refractivity contribution is -0.149. The lowest BCUT2D eigenvalue weighted by Crippen LogP contribution is -2.56. The molecule has 0 saturated heterocycles. The van der Waals surface area contributed by atoms with E-state index < -0.39 is 60.1 Å². The number of para-hydroxylation sites is 1. The van der Waals surface area contributed by atoms with Crippen LogP contribution in [-0.4, -0.2) is 116 Å². The number of carbonyl (C=O) groups excluding carboxylic acids is 5. The van der Waals surface area contributed by atoms with E-state index in [1.54, 1.807) is 55.6 Å². The van der Waals surface area contributed by atoms with Gasteiger partial charge in [0.2, 0.25) is 29.4 Å². The smallest absolute Gasteiger partial charge is 0.308 e. The molecular weight excluding hydrogens is 1000 g/mol. The summed E-state index contributed by atoms with van der Waals surface area (Å²) in [5.41, 5.74) is 4.22. The zero-order valence-corrected chi connectivity index (χ0v) is 45.7. The number of phenols is 1. The van der Waals surface area contributed by atoms with Gasteiger partial charge in [-0.15, -0.1) is 5.11 Å². The number of benzene rings is 4. The van der Waals surface area contributed by atoms with Crippen molar-refractivity contribution in [2.24, 2.45) is 16.1 Å². The summed E-state index contributed by atoms with van der Waals surface area (Å²) in [6.07, 6.45) is 4.92. The lowest BCUT2D eigenvalue weighted by Gasteiger charge is -2.32. The number of allylic oxidation sites excluding steroid dienone is 2. The number of rotatable bonds is 19. The van der Waals surface area contributed by atoms with Crippen LogP contribution < -0.4 is 40.2 Å². The number of nitrogens with zero attached hydrogens (tertiary/aromatic N) is 3. The van der Waals surface area contributed by atoms with Gasteiger partial charge in [-0.25, -0.2) is 0 Å². The van der Waals surface area contributed by atoms with E-state index in [1.165, 1.54) is 52.5 Å². The van der Waals surface area contributed by atoms with Crippen molar-refractivity contribution in [3.8, 4) is 28.7 Å². The molecule has 6 atom stereocenters. The van der Waals surface area contributed by atoms with Crippen molar-refractivity contribution in [1.82, 2.24) is 25.8 Å². The van der Waals surface area contributed by atoms with Crippen LogP contribution >= 0.6 is 0 Å². The monoisotopic (exact) mass is 1070 g/mol. The molecule has 4 amide bonds. The minimum absolute atomic E-state index is 0.00921. The molecule has 1 aliphatic rings. The molecule has 1 aromatic heterocycles. The maximum absolute atomic E-state index is 14.9. The molecule has 20 heteroatoms. The SMILES string of the molecule is COc1ccc(N=Nc2cc(OC)c(OC)c(OC)c2)c(NC(=O)CCC(O)NCCCC[C@@H]2NC(=O)[C@@H](C)C/C(C)=C\CC[C@H](C)OC(=O)C[C@H](c3ccc(O)cc3)NC(=O)[C@@H](Cc3c[nH]c4ccccc34)N(C)C2=O)c1. The molecule has 0 saturated carbocycles. The number of unbranched alkanes of at least 4 members (excludes halogenated alkanes) is 1. The second-order valence-electron chi connectivity index (χ2n) is 19.5. The Kier molecular flexibility index (Phi) is 22.0. The van der Waals surface area contributed by atoms with Crippen LogP contribution in [0.2, 0.25) is 0 Å². The lowest BCUT2D eigenvalue weighted by atomic mass is 9.98. The van der Waals surface area contributed by atoms with E-state index in [4.69, 9.17) is 23.7 Å². The van der Waals surface area contributed by atoms with Crippen LogP contribution in [0.15, 0.2) is 107 Å². The summed E-state index contributed by atoms with van der Waals surface area (Å²) in [5.74, 6) is -1.11. The third-order valence-electron chi connectivity index (χ3n) is 13.6. The van der Waals surface area contributed by atoms with Crippen LogP contribution in [0.25, 0.3) is 10.9 Å². The number of aliphatic hydroxyl groups is 1. The zero-order valence-electron chi connectivity index (χ0n) is 45.7. The number of ether oxygens (including phenoxy) is 5. The third-order valence-corrected chi connectivity index (χ3v) is 13.6. The van der Waals surface area contributed by atoms with Crippen molar-refractivity contribution in [1.29, 1.82) is 0 Å². The van der Waals surface area contributed by atoms with E-state index in [2.05, 4.69) is 36.5 Å². The number of amides is 4. The molecule has 6 rings (SSSR count). The number of anilines is 1. The quantitative estimate of drug-likeness (QED) is 0.0134. The molecule has 0 bridgehead atoms. The molecule has 1 aliphatic heterocycles. The molecule has 7 N–H and O–H groups in total. The number of methoxy groups -OCH3 is 4. The number of phenolic OH excluding ortho intramolecular Hbond substituents is 1. The van der Waals surface area contributed by atoms with Gasteiger partial charge in [-0.2, -0.15) is 5.11 Å². The number of aromatic nitrogens is 1. The molecule has 78 heavy (non-hydrogen) atoms. The predicted octanol–water partition coefficient (Wildman–Crippen LogP) is 8.62. The summed E-state index contributed by atoms with van der Waals surface area (Å²) in [5, 5.41) is 42.6. The first-order valence-corrected chi connectivity index (χ1v) is 26.2. The summed E-state index contributed by atoms with van der Waals surface area (Å²) in [7, 11) is 7.52. The number of H-pyrrole nitrogens is 1. The van der Waals surface area contributed by atoms with E-state index in [9.17, 15) is 34.2 Å². The van der Waals surface area contributed by atoms with Crippen LogP contribution in [0.4, 0.5) is 17.1 Å². The van der Waals surface area contributed by atoms with E-state index in [0.29, 0.717) is 84.3 Å². The summed E-state index contributed by atoms with van der Waals surface area (Å²) in [6.45, 7) is 5.87. The van der Waals surface area contributed by atoms with Gasteiger partial charge >= 0.3 is 5.97 Å². The Bertz CT molecular complexity index is 2880. The molecule has 5 aromatic rings. The number of fused-ring (bicyclic) bond motifs is 1. The Morgan fingerprint density at radius 3 is 2.31 bits per heavy atom. The average Bonchev–Trinajstić information content (AvgIpc) is 3.84. The minimum Gasteiger partial charge on any atom is -0.508 e. The Labute approximate surface area is 455 Å². The minimum atomic E-state index is -1.11. The number of aliphatic hydroxyl groups excluding tert-OH is 1. The maximum atomic E-state index is 14.9. The van der Waals surface area contributed by atoms with Crippen LogP contribution in [0.3, 0.4) is 0 Å². The predicted molar refractivity (Wildman–Crippen MR) is 295 cm³/mol. The normalized spacial score (nSPS) is 20.3. The Morgan fingerprint density at radius 1 is 0.872 bits per heavy atom. The fourth-order valence-electron chi connectivity index (χ4n) is 9.22. The van der Waals surface area contributed by atoms with Crippen molar-refractivity contribution in [3.05, 3.63) is 108 Å². The summed E-state index contributed by atoms with van der Waals surface area (Å²) in [4.78, 5) is 75.0. The molecule has 0 fully saturated rings. The van der Waals surface area contributed by atoms with Gasteiger partial charge in [0.25, 0.3) is 0 Å². The Balaban J connectivity index is 1.14. The van der Waals surface area contributed by atoms with Gasteiger partial charge < -0.3 is 59.7 Å². The Morgan fingerprint density at radius 2 is 1.60 bits per heavy atom. The van der Waals surface area contributed by atoms with Gasteiger partial charge in [-0.1, -0.05) is 48.9 Å². The number of esters is 1. The zero-order chi connectivity index (χ0) is 56.3. The Hall–Kier alpha value is -7.97. The van der Waals surface area contributed by atoms with E-state index in [0.717, 1.165) is 22.0 Å². The molecule has 4 aromatic carbocycles. The molecule has 0 radical (unpaired) electrons. The molecule has 0 aliphatic carbocycles. The van der Waals surface area contributed by atoms with Crippen molar-refractivity contribution in [2.75, 3.05) is 47.3 Å². The number of hydrogen-bond donors (Lipinski definition) is 7. The first-order valence-electron chi connectivity index (χ1n) is 26.2. The van der Waals surface area contributed by atoms with E-state index in [1.807, 2.05) is 44.2 Å². The highest BCUT2D eigenvalue weighted by molar-refractivity contribution is 5.95. The number of nitrogens with one attached hydrogen (secondary N) is 5.